The van der Waals surface area contributed by atoms with Gasteiger partial charge in [-0.25, -0.2) is 4.79 Å². The van der Waals surface area contributed by atoms with Crippen LogP contribution in [0.15, 0.2) is 24.3 Å². The van der Waals surface area contributed by atoms with E-state index in [2.05, 4.69) is 18.3 Å². The normalized spacial score (nSPS) is 21.7. The monoisotopic (exact) mass is 287 g/mol. The Kier molecular flexibility index (Phi) is 4.81. The highest BCUT2D eigenvalue weighted by molar-refractivity contribution is 5.74. The van der Waals surface area contributed by atoms with E-state index in [0.717, 1.165) is 12.0 Å². The first kappa shape index (κ1) is 15.3. The Morgan fingerprint density at radius 1 is 1.57 bits per heavy atom. The number of hydrogen-bond acceptors (Lipinski definition) is 3. The Labute approximate surface area is 125 Å². The molecule has 1 N–H and O–H groups in total. The Morgan fingerprint density at radius 3 is 3.10 bits per heavy atom. The average Bonchev–Trinajstić information content (AvgIpc) is 2.53. The zero-order valence-electron chi connectivity index (χ0n) is 12.6. The predicted octanol–water partition coefficient (Wildman–Crippen LogP) is 2.27. The summed E-state index contributed by atoms with van der Waals surface area (Å²) in [6, 6.07) is 9.27. The van der Waals surface area contributed by atoms with Crippen LogP contribution in [0.2, 0.25) is 0 Å². The second-order valence-electron chi connectivity index (χ2n) is 5.54. The molecular formula is C16H21N3O2. The molecule has 1 atom stereocenters. The maximum atomic E-state index is 12.2. The lowest BCUT2D eigenvalue weighted by Gasteiger charge is -2.39. The topological polar surface area (TPSA) is 65.4 Å². The largest absolute Gasteiger partial charge is 0.372 e. The first-order valence-corrected chi connectivity index (χ1v) is 7.22. The molecule has 0 bridgehead atoms. The highest BCUT2D eigenvalue weighted by atomic mass is 16.5. The van der Waals surface area contributed by atoms with E-state index in [0.29, 0.717) is 31.8 Å². The molecule has 1 heterocycles. The molecule has 5 heteroatoms. The molecule has 1 saturated heterocycles. The van der Waals surface area contributed by atoms with Gasteiger partial charge in [0.1, 0.15) is 0 Å². The number of carbonyl (C=O) groups is 1. The van der Waals surface area contributed by atoms with E-state index in [-0.39, 0.29) is 11.6 Å². The minimum atomic E-state index is -0.254. The summed E-state index contributed by atoms with van der Waals surface area (Å²) in [5.41, 5.74) is 1.27. The number of urea groups is 1. The molecule has 0 unspecified atom stereocenters. The molecule has 1 fully saturated rings. The number of carbonyl (C=O) groups excluding carboxylic acids is 1. The molecule has 0 radical (unpaired) electrons. The smallest absolute Gasteiger partial charge is 0.317 e. The minimum Gasteiger partial charge on any atom is -0.372 e. The summed E-state index contributed by atoms with van der Waals surface area (Å²) in [7, 11) is 0. The van der Waals surface area contributed by atoms with Gasteiger partial charge in [-0.2, -0.15) is 5.26 Å². The van der Waals surface area contributed by atoms with Crippen LogP contribution in [0.3, 0.4) is 0 Å². The van der Waals surface area contributed by atoms with Crippen molar-refractivity contribution in [2.45, 2.75) is 32.4 Å². The Hall–Kier alpha value is -2.06. The number of nitriles is 1. The van der Waals surface area contributed by atoms with E-state index < -0.39 is 0 Å². The molecule has 1 aromatic carbocycles. The minimum absolute atomic E-state index is 0.0830. The summed E-state index contributed by atoms with van der Waals surface area (Å²) >= 11 is 0. The number of morpholine rings is 1. The van der Waals surface area contributed by atoms with Crippen molar-refractivity contribution in [2.24, 2.45) is 0 Å². The van der Waals surface area contributed by atoms with Gasteiger partial charge in [0.2, 0.25) is 0 Å². The lowest BCUT2D eigenvalue weighted by atomic mass is 10.0. The van der Waals surface area contributed by atoms with E-state index in [1.807, 2.05) is 19.1 Å². The molecule has 0 saturated carbocycles. The third-order valence-corrected chi connectivity index (χ3v) is 3.87. The van der Waals surface area contributed by atoms with Crippen LogP contribution in [0.4, 0.5) is 4.79 Å². The zero-order chi connectivity index (χ0) is 15.3. The van der Waals surface area contributed by atoms with Crippen LogP contribution in [0.25, 0.3) is 0 Å². The van der Waals surface area contributed by atoms with Crippen LogP contribution in [0.5, 0.6) is 0 Å². The van der Waals surface area contributed by atoms with Gasteiger partial charge in [0.05, 0.1) is 30.4 Å². The summed E-state index contributed by atoms with van der Waals surface area (Å²) in [6.45, 7) is 6.31. The van der Waals surface area contributed by atoms with Gasteiger partial charge in [-0.1, -0.05) is 19.1 Å². The second-order valence-corrected chi connectivity index (χ2v) is 5.54. The van der Waals surface area contributed by atoms with E-state index >= 15 is 0 Å². The summed E-state index contributed by atoms with van der Waals surface area (Å²) in [4.78, 5) is 14.0. The van der Waals surface area contributed by atoms with Gasteiger partial charge < -0.3 is 15.0 Å². The van der Waals surface area contributed by atoms with Crippen LogP contribution in [0.1, 0.15) is 31.4 Å². The highest BCUT2D eigenvalue weighted by Gasteiger charge is 2.32. The zero-order valence-corrected chi connectivity index (χ0v) is 12.6. The maximum Gasteiger partial charge on any atom is 0.317 e. The van der Waals surface area contributed by atoms with Crippen LogP contribution in [-0.2, 0) is 11.3 Å². The number of nitrogens with one attached hydrogen (secondary N) is 1. The molecular weight excluding hydrogens is 266 g/mol. The van der Waals surface area contributed by atoms with Gasteiger partial charge in [0.15, 0.2) is 0 Å². The average molecular weight is 287 g/mol. The van der Waals surface area contributed by atoms with Crippen molar-refractivity contribution >= 4 is 6.03 Å². The number of ether oxygens (including phenoxy) is 1. The standard InChI is InChI=1S/C16H21N3O2/c1-3-16(2)12-19(7-8-21-16)15(20)18-11-14-6-4-5-13(9-14)10-17/h4-6,9H,3,7-8,11-12H2,1-2H3,(H,18,20)/t16-/m1/s1. The number of nitrogens with zero attached hydrogens (tertiary/aromatic N) is 2. The molecule has 5 nitrogen and oxygen atoms in total. The third kappa shape index (κ3) is 3.96. The lowest BCUT2D eigenvalue weighted by Crippen LogP contribution is -2.54. The van der Waals surface area contributed by atoms with Gasteiger partial charge >= 0.3 is 6.03 Å². The fourth-order valence-corrected chi connectivity index (χ4v) is 2.36. The Bertz CT molecular complexity index is 553. The van der Waals surface area contributed by atoms with Crippen molar-refractivity contribution < 1.29 is 9.53 Å². The molecule has 0 spiro atoms. The SMILES string of the molecule is CC[C@]1(C)CN(C(=O)NCc2cccc(C#N)c2)CCO1. The lowest BCUT2D eigenvalue weighted by molar-refractivity contribution is -0.0872. The fraction of sp³-hybridized carbons (Fsp3) is 0.500. The van der Waals surface area contributed by atoms with Crippen LogP contribution >= 0.6 is 0 Å². The first-order chi connectivity index (χ1) is 10.1. The molecule has 0 aromatic heterocycles. The Balaban J connectivity index is 1.91. The quantitative estimate of drug-likeness (QED) is 0.927. The third-order valence-electron chi connectivity index (χ3n) is 3.87. The van der Waals surface area contributed by atoms with Crippen molar-refractivity contribution in [3.63, 3.8) is 0 Å². The van der Waals surface area contributed by atoms with E-state index in [9.17, 15) is 4.79 Å². The van der Waals surface area contributed by atoms with E-state index in [4.69, 9.17) is 10.00 Å². The molecule has 112 valence electrons. The van der Waals surface area contributed by atoms with Gasteiger partial charge in [0.25, 0.3) is 0 Å². The van der Waals surface area contributed by atoms with Gasteiger partial charge in [0, 0.05) is 13.1 Å². The van der Waals surface area contributed by atoms with Crippen molar-refractivity contribution in [3.8, 4) is 6.07 Å². The number of amides is 2. The van der Waals surface area contributed by atoms with Crippen LogP contribution in [0, 0.1) is 11.3 Å². The van der Waals surface area contributed by atoms with Crippen molar-refractivity contribution in [3.05, 3.63) is 35.4 Å². The molecule has 1 aliphatic rings. The van der Waals surface area contributed by atoms with E-state index in [1.165, 1.54) is 0 Å². The summed E-state index contributed by atoms with van der Waals surface area (Å²) in [5, 5.41) is 11.8. The predicted molar refractivity (Wildman–Crippen MR) is 79.6 cm³/mol. The van der Waals surface area contributed by atoms with Crippen LogP contribution in [-0.4, -0.2) is 36.2 Å². The summed E-state index contributed by atoms with van der Waals surface area (Å²) in [5.74, 6) is 0. The van der Waals surface area contributed by atoms with Gasteiger partial charge in [-0.05, 0) is 31.0 Å². The van der Waals surface area contributed by atoms with Gasteiger partial charge in [-0.15, -0.1) is 0 Å². The highest BCUT2D eigenvalue weighted by Crippen LogP contribution is 2.20. The van der Waals surface area contributed by atoms with Crippen molar-refractivity contribution in [2.75, 3.05) is 19.7 Å². The molecule has 2 rings (SSSR count). The molecule has 1 aromatic rings. The second kappa shape index (κ2) is 6.59. The van der Waals surface area contributed by atoms with Gasteiger partial charge in [-0.3, -0.25) is 0 Å². The Morgan fingerprint density at radius 2 is 2.38 bits per heavy atom. The van der Waals surface area contributed by atoms with Crippen molar-refractivity contribution in [1.29, 1.82) is 5.26 Å². The first-order valence-electron chi connectivity index (χ1n) is 7.22. The summed E-state index contributed by atoms with van der Waals surface area (Å²) < 4.78 is 5.73. The maximum absolute atomic E-state index is 12.2. The van der Waals surface area contributed by atoms with Crippen molar-refractivity contribution in [1.82, 2.24) is 10.2 Å². The molecule has 21 heavy (non-hydrogen) atoms. The fourth-order valence-electron chi connectivity index (χ4n) is 2.36. The van der Waals surface area contributed by atoms with Crippen LogP contribution < -0.4 is 5.32 Å². The molecule has 2 amide bonds. The number of hydrogen-bond donors (Lipinski definition) is 1. The number of rotatable bonds is 3. The van der Waals surface area contributed by atoms with E-state index in [1.54, 1.807) is 17.0 Å². The molecule has 0 aliphatic carbocycles. The summed E-state index contributed by atoms with van der Waals surface area (Å²) in [6.07, 6.45) is 0.876. The molecule has 1 aliphatic heterocycles. The number of benzene rings is 1.